The molecule has 0 aliphatic carbocycles. The number of rotatable bonds is 3. The lowest BCUT2D eigenvalue weighted by Gasteiger charge is -2.25. The number of carbonyl (C=O) groups excluding carboxylic acids is 1. The molecule has 21 heavy (non-hydrogen) atoms. The maximum Gasteiger partial charge on any atom is 0.170 e. The zero-order chi connectivity index (χ0) is 14.8. The van der Waals surface area contributed by atoms with Crippen molar-refractivity contribution in [2.24, 2.45) is 0 Å². The third-order valence-electron chi connectivity index (χ3n) is 3.65. The second-order valence-electron chi connectivity index (χ2n) is 5.09. The molecule has 0 saturated carbocycles. The van der Waals surface area contributed by atoms with Gasteiger partial charge in [-0.05, 0) is 51.2 Å². The van der Waals surface area contributed by atoms with Crippen molar-refractivity contribution in [1.82, 2.24) is 0 Å². The van der Waals surface area contributed by atoms with Crippen molar-refractivity contribution in [3.8, 4) is 0 Å². The molecule has 0 saturated heterocycles. The summed E-state index contributed by atoms with van der Waals surface area (Å²) in [4.78, 5) is 12.5. The van der Waals surface area contributed by atoms with E-state index in [-0.39, 0.29) is 18.0 Å². The number of fused-ring (bicyclic) bond motifs is 1. The van der Waals surface area contributed by atoms with E-state index in [9.17, 15) is 9.18 Å². The molecular formula is C17H14BrFO2. The van der Waals surface area contributed by atoms with Gasteiger partial charge in [-0.15, -0.1) is 0 Å². The molecule has 108 valence electrons. The highest BCUT2D eigenvalue weighted by Crippen LogP contribution is 2.29. The van der Waals surface area contributed by atoms with E-state index in [1.54, 1.807) is 12.1 Å². The highest BCUT2D eigenvalue weighted by atomic mass is 79.9. The van der Waals surface area contributed by atoms with Crippen LogP contribution >= 0.6 is 15.9 Å². The second kappa shape index (κ2) is 6.08. The molecule has 1 aliphatic heterocycles. The third kappa shape index (κ3) is 3.06. The molecule has 1 unspecified atom stereocenters. The average Bonchev–Trinajstić information content (AvgIpc) is 2.50. The van der Waals surface area contributed by atoms with E-state index in [4.69, 9.17) is 4.74 Å². The van der Waals surface area contributed by atoms with E-state index in [0.29, 0.717) is 11.1 Å². The fourth-order valence-electron chi connectivity index (χ4n) is 2.60. The van der Waals surface area contributed by atoms with Crippen LogP contribution in [0.15, 0.2) is 46.9 Å². The van der Waals surface area contributed by atoms with Crippen LogP contribution in [0.5, 0.6) is 0 Å². The van der Waals surface area contributed by atoms with Gasteiger partial charge in [0.05, 0.1) is 11.1 Å². The van der Waals surface area contributed by atoms with Gasteiger partial charge in [-0.3, -0.25) is 4.79 Å². The van der Waals surface area contributed by atoms with E-state index in [1.165, 1.54) is 11.6 Å². The summed E-state index contributed by atoms with van der Waals surface area (Å²) in [7, 11) is 0. The molecule has 1 atom stereocenters. The molecule has 0 aromatic heterocycles. The lowest BCUT2D eigenvalue weighted by molar-refractivity contribution is -0.131. The number of hydrogen-bond donors (Lipinski definition) is 0. The van der Waals surface area contributed by atoms with Gasteiger partial charge >= 0.3 is 0 Å². The molecule has 0 bridgehead atoms. The summed E-state index contributed by atoms with van der Waals surface area (Å²) in [6, 6.07) is 12.5. The van der Waals surface area contributed by atoms with Crippen LogP contribution in [0.2, 0.25) is 0 Å². The van der Waals surface area contributed by atoms with Crippen molar-refractivity contribution < 1.29 is 13.9 Å². The van der Waals surface area contributed by atoms with Gasteiger partial charge in [0.15, 0.2) is 5.78 Å². The Labute approximate surface area is 131 Å². The van der Waals surface area contributed by atoms with Crippen LogP contribution in [0.1, 0.15) is 22.8 Å². The maximum atomic E-state index is 13.2. The number of carbonyl (C=O) groups is 1. The van der Waals surface area contributed by atoms with Gasteiger partial charge in [-0.25, -0.2) is 4.39 Å². The van der Waals surface area contributed by atoms with Crippen LogP contribution in [-0.4, -0.2) is 12.4 Å². The average molecular weight is 349 g/mol. The zero-order valence-electron chi connectivity index (χ0n) is 11.3. The number of hydrogen-bond acceptors (Lipinski definition) is 2. The van der Waals surface area contributed by atoms with Gasteiger partial charge in [-0.1, -0.05) is 30.3 Å². The fraction of sp³-hybridized carbons (Fsp3) is 0.235. The topological polar surface area (TPSA) is 26.3 Å². The van der Waals surface area contributed by atoms with Gasteiger partial charge in [0.25, 0.3) is 0 Å². The summed E-state index contributed by atoms with van der Waals surface area (Å²) < 4.78 is 19.3. The van der Waals surface area contributed by atoms with Crippen LogP contribution < -0.4 is 0 Å². The van der Waals surface area contributed by atoms with E-state index < -0.39 is 6.10 Å². The fourth-order valence-corrected chi connectivity index (χ4v) is 3.03. The molecule has 2 nitrogen and oxygen atoms in total. The minimum absolute atomic E-state index is 0.000609. The largest absolute Gasteiger partial charge is 0.365 e. The SMILES string of the molecule is O=C(Cc1ccc(F)c(Br)c1)C1OCCc2ccccc21. The number of benzene rings is 2. The molecule has 2 aromatic carbocycles. The molecule has 1 aliphatic rings. The third-order valence-corrected chi connectivity index (χ3v) is 4.26. The molecule has 0 amide bonds. The van der Waals surface area contributed by atoms with E-state index in [2.05, 4.69) is 15.9 Å². The molecule has 3 rings (SSSR count). The Morgan fingerprint density at radius 2 is 2.10 bits per heavy atom. The first-order valence-corrected chi connectivity index (χ1v) is 7.60. The van der Waals surface area contributed by atoms with Crippen molar-refractivity contribution >= 4 is 21.7 Å². The number of Topliss-reactive ketones (excluding diaryl/α,β-unsaturated/α-hetero) is 1. The van der Waals surface area contributed by atoms with E-state index in [0.717, 1.165) is 17.5 Å². The van der Waals surface area contributed by atoms with Gasteiger partial charge in [-0.2, -0.15) is 0 Å². The van der Waals surface area contributed by atoms with Gasteiger partial charge in [0, 0.05) is 6.42 Å². The lowest BCUT2D eigenvalue weighted by Crippen LogP contribution is -2.24. The maximum absolute atomic E-state index is 13.2. The standard InChI is InChI=1S/C17H14BrFO2/c18-14-9-11(5-6-15(14)19)10-16(20)17-13-4-2-1-3-12(13)7-8-21-17/h1-6,9,17H,7-8,10H2. The molecule has 0 spiro atoms. The summed E-state index contributed by atoms with van der Waals surface area (Å²) in [5.74, 6) is -0.328. The Morgan fingerprint density at radius 3 is 2.90 bits per heavy atom. The van der Waals surface area contributed by atoms with Crippen molar-refractivity contribution in [3.63, 3.8) is 0 Å². The summed E-state index contributed by atoms with van der Waals surface area (Å²) in [5, 5.41) is 0. The normalized spacial score (nSPS) is 17.3. The van der Waals surface area contributed by atoms with Crippen molar-refractivity contribution in [2.75, 3.05) is 6.61 Å². The highest BCUT2D eigenvalue weighted by molar-refractivity contribution is 9.10. The predicted molar refractivity (Wildman–Crippen MR) is 81.7 cm³/mol. The number of halogens is 2. The Balaban J connectivity index is 1.81. The Hall–Kier alpha value is -1.52. The Bertz CT molecular complexity index is 684. The summed E-state index contributed by atoms with van der Waals surface area (Å²) in [6.07, 6.45) is 0.554. The van der Waals surface area contributed by atoms with E-state index >= 15 is 0 Å². The van der Waals surface area contributed by atoms with Crippen molar-refractivity contribution in [3.05, 3.63) is 69.4 Å². The minimum Gasteiger partial charge on any atom is -0.365 e. The second-order valence-corrected chi connectivity index (χ2v) is 5.95. The first-order chi connectivity index (χ1) is 10.1. The number of ketones is 1. The number of ether oxygens (including phenoxy) is 1. The molecule has 1 heterocycles. The van der Waals surface area contributed by atoms with Crippen molar-refractivity contribution in [2.45, 2.75) is 18.9 Å². The lowest BCUT2D eigenvalue weighted by atomic mass is 9.93. The minimum atomic E-state index is -0.515. The van der Waals surface area contributed by atoms with Crippen LogP contribution in [0, 0.1) is 5.82 Å². The van der Waals surface area contributed by atoms with Crippen LogP contribution in [-0.2, 0) is 22.4 Å². The van der Waals surface area contributed by atoms with Gasteiger partial charge < -0.3 is 4.74 Å². The predicted octanol–water partition coefficient (Wildman–Crippen LogP) is 4.01. The van der Waals surface area contributed by atoms with Crippen LogP contribution in [0.25, 0.3) is 0 Å². The summed E-state index contributed by atoms with van der Waals surface area (Å²) >= 11 is 3.14. The Morgan fingerprint density at radius 1 is 1.29 bits per heavy atom. The summed E-state index contributed by atoms with van der Waals surface area (Å²) in [5.41, 5.74) is 2.90. The monoisotopic (exact) mass is 348 g/mol. The van der Waals surface area contributed by atoms with Crippen LogP contribution in [0.3, 0.4) is 0 Å². The van der Waals surface area contributed by atoms with E-state index in [1.807, 2.05) is 24.3 Å². The smallest absolute Gasteiger partial charge is 0.170 e. The zero-order valence-corrected chi connectivity index (χ0v) is 12.9. The molecule has 4 heteroatoms. The quantitative estimate of drug-likeness (QED) is 0.837. The van der Waals surface area contributed by atoms with Gasteiger partial charge in [0.1, 0.15) is 11.9 Å². The van der Waals surface area contributed by atoms with Crippen molar-refractivity contribution in [1.29, 1.82) is 0 Å². The molecule has 0 N–H and O–H groups in total. The first-order valence-electron chi connectivity index (χ1n) is 6.81. The first kappa shape index (κ1) is 14.4. The molecular weight excluding hydrogens is 335 g/mol. The summed E-state index contributed by atoms with van der Waals surface area (Å²) in [6.45, 7) is 0.556. The van der Waals surface area contributed by atoms with Gasteiger partial charge in [0.2, 0.25) is 0 Å². The molecule has 2 aromatic rings. The highest BCUT2D eigenvalue weighted by Gasteiger charge is 2.26. The van der Waals surface area contributed by atoms with Crippen LogP contribution in [0.4, 0.5) is 4.39 Å². The molecule has 0 radical (unpaired) electrons. The molecule has 0 fully saturated rings. The Kier molecular flexibility index (Phi) is 4.17.